The third-order valence-electron chi connectivity index (χ3n) is 4.32. The predicted octanol–water partition coefficient (Wildman–Crippen LogP) is 2.60. The molecule has 0 radical (unpaired) electrons. The normalized spacial score (nSPS) is 11.3. The maximum atomic E-state index is 11.4. The van der Waals surface area contributed by atoms with Crippen molar-refractivity contribution in [1.82, 2.24) is 14.5 Å². The van der Waals surface area contributed by atoms with Gasteiger partial charge < -0.3 is 8.75 Å². The van der Waals surface area contributed by atoms with Crippen LogP contribution in [0.25, 0.3) is 22.2 Å². The summed E-state index contributed by atoms with van der Waals surface area (Å²) in [6.07, 6.45) is 3.18. The molecule has 0 bridgehead atoms. The van der Waals surface area contributed by atoms with E-state index in [1.807, 2.05) is 28.8 Å². The molecule has 0 aliphatic heterocycles. The van der Waals surface area contributed by atoms with Crippen LogP contribution in [0.3, 0.4) is 0 Å². The van der Waals surface area contributed by atoms with Gasteiger partial charge in [-0.05, 0) is 24.3 Å². The highest BCUT2D eigenvalue weighted by Crippen LogP contribution is 2.33. The zero-order valence-corrected chi connectivity index (χ0v) is 15.9. The van der Waals surface area contributed by atoms with Gasteiger partial charge in [-0.1, -0.05) is 30.3 Å². The van der Waals surface area contributed by atoms with E-state index in [4.69, 9.17) is 9.32 Å². The van der Waals surface area contributed by atoms with E-state index in [0.717, 1.165) is 11.0 Å². The average molecular weight is 405 g/mol. The molecule has 2 aromatic heterocycles. The third-order valence-corrected chi connectivity index (χ3v) is 4.74. The molecule has 2 heterocycles. The van der Waals surface area contributed by atoms with Gasteiger partial charge in [0.15, 0.2) is 5.75 Å². The van der Waals surface area contributed by atoms with E-state index in [2.05, 4.69) is 16.0 Å². The fourth-order valence-electron chi connectivity index (χ4n) is 3.09. The zero-order chi connectivity index (χ0) is 20.4. The monoisotopic (exact) mass is 405 g/mol. The highest BCUT2D eigenvalue weighted by Gasteiger charge is 2.16. The van der Waals surface area contributed by atoms with Gasteiger partial charge in [0.1, 0.15) is 6.07 Å². The minimum Gasteiger partial charge on any atom is -0.370 e. The highest BCUT2D eigenvalue weighted by molar-refractivity contribution is 7.84. The Hall–Kier alpha value is -3.74. The molecule has 9 heteroatoms. The minimum atomic E-state index is -4.21. The number of nitrogens with zero attached hydrogens (tertiary/aromatic N) is 4. The number of hydrogen-bond donors (Lipinski definition) is 1. The first-order valence-electron chi connectivity index (χ1n) is 8.55. The van der Waals surface area contributed by atoms with Crippen LogP contribution in [-0.2, 0) is 16.8 Å². The molecule has 0 amide bonds. The van der Waals surface area contributed by atoms with Gasteiger partial charge >= 0.3 is 10.3 Å². The van der Waals surface area contributed by atoms with Crippen molar-refractivity contribution in [3.05, 3.63) is 78.4 Å². The van der Waals surface area contributed by atoms with Crippen LogP contribution in [0.2, 0.25) is 0 Å². The van der Waals surface area contributed by atoms with Crippen molar-refractivity contribution in [3.63, 3.8) is 0 Å². The highest BCUT2D eigenvalue weighted by atomic mass is 32.2. The van der Waals surface area contributed by atoms with E-state index in [-0.39, 0.29) is 11.3 Å². The second kappa shape index (κ2) is 7.35. The van der Waals surface area contributed by atoms with Crippen LogP contribution in [0.15, 0.2) is 67.1 Å². The zero-order valence-electron chi connectivity index (χ0n) is 15.1. The average Bonchev–Trinajstić information content (AvgIpc) is 3.10. The lowest BCUT2D eigenvalue weighted by Crippen LogP contribution is -2.19. The summed E-state index contributed by atoms with van der Waals surface area (Å²) in [5.41, 5.74) is 3.71. The van der Waals surface area contributed by atoms with E-state index in [1.54, 1.807) is 30.6 Å². The lowest BCUT2D eigenvalue weighted by molar-refractivity contribution is 0.488. The van der Waals surface area contributed by atoms with E-state index in [0.29, 0.717) is 23.4 Å². The van der Waals surface area contributed by atoms with Gasteiger partial charge in [0, 0.05) is 17.3 Å². The summed E-state index contributed by atoms with van der Waals surface area (Å²) in [6.45, 7) is 0.428. The number of rotatable bonds is 5. The summed E-state index contributed by atoms with van der Waals surface area (Å²) >= 11 is 0. The molecule has 0 saturated carbocycles. The Kier molecular flexibility index (Phi) is 4.72. The number of benzene rings is 2. The molecular formula is C20H15N5O3S. The molecule has 0 aliphatic rings. The van der Waals surface area contributed by atoms with Crippen LogP contribution in [0.4, 0.5) is 0 Å². The molecular weight excluding hydrogens is 390 g/mol. The van der Waals surface area contributed by atoms with Crippen LogP contribution in [0, 0.1) is 11.3 Å². The lowest BCUT2D eigenvalue weighted by Gasteiger charge is -2.12. The SMILES string of the molecule is N#Cc1cnc(Cn2cnc3ccccc32)cc1-c1ccccc1OS(N)(=O)=O. The van der Waals surface area contributed by atoms with Crippen molar-refractivity contribution < 1.29 is 12.6 Å². The molecule has 0 aliphatic carbocycles. The second-order valence-corrected chi connectivity index (χ2v) is 7.42. The van der Waals surface area contributed by atoms with Crippen LogP contribution >= 0.6 is 0 Å². The van der Waals surface area contributed by atoms with Crippen molar-refractivity contribution in [3.8, 4) is 22.9 Å². The van der Waals surface area contributed by atoms with Crippen LogP contribution in [-0.4, -0.2) is 23.0 Å². The van der Waals surface area contributed by atoms with E-state index < -0.39 is 10.3 Å². The minimum absolute atomic E-state index is 0.0386. The van der Waals surface area contributed by atoms with E-state index in [1.165, 1.54) is 12.3 Å². The van der Waals surface area contributed by atoms with Gasteiger partial charge in [-0.15, -0.1) is 0 Å². The third kappa shape index (κ3) is 3.94. The fourth-order valence-corrected chi connectivity index (χ4v) is 3.49. The van der Waals surface area contributed by atoms with Crippen molar-refractivity contribution in [2.45, 2.75) is 6.54 Å². The summed E-state index contributed by atoms with van der Waals surface area (Å²) in [7, 11) is -4.21. The molecule has 0 spiro atoms. The van der Waals surface area contributed by atoms with Crippen molar-refractivity contribution in [1.29, 1.82) is 5.26 Å². The number of hydrogen-bond acceptors (Lipinski definition) is 6. The lowest BCUT2D eigenvalue weighted by atomic mass is 10.0. The molecule has 2 N–H and O–H groups in total. The summed E-state index contributed by atoms with van der Waals surface area (Å²) in [4.78, 5) is 8.73. The summed E-state index contributed by atoms with van der Waals surface area (Å²) in [5.74, 6) is 0.0386. The number of nitriles is 1. The predicted molar refractivity (Wildman–Crippen MR) is 107 cm³/mol. The van der Waals surface area contributed by atoms with Crippen LogP contribution < -0.4 is 9.32 Å². The summed E-state index contributed by atoms with van der Waals surface area (Å²) in [6, 6.07) is 18.0. The van der Waals surface area contributed by atoms with Gasteiger partial charge in [0.05, 0.1) is 35.2 Å². The topological polar surface area (TPSA) is 124 Å². The van der Waals surface area contributed by atoms with Crippen molar-refractivity contribution in [2.24, 2.45) is 5.14 Å². The van der Waals surface area contributed by atoms with Gasteiger partial charge in [-0.25, -0.2) is 4.98 Å². The van der Waals surface area contributed by atoms with Crippen molar-refractivity contribution in [2.75, 3.05) is 0 Å². The molecule has 0 saturated heterocycles. The Balaban J connectivity index is 1.79. The number of imidazole rings is 1. The molecule has 4 rings (SSSR count). The van der Waals surface area contributed by atoms with Gasteiger partial charge in [0.2, 0.25) is 0 Å². The van der Waals surface area contributed by atoms with Crippen LogP contribution in [0.1, 0.15) is 11.3 Å². The Labute approximate surface area is 167 Å². The smallest absolute Gasteiger partial charge is 0.370 e. The van der Waals surface area contributed by atoms with Gasteiger partial charge in [-0.3, -0.25) is 4.98 Å². The summed E-state index contributed by atoms with van der Waals surface area (Å²) in [5, 5.41) is 14.5. The van der Waals surface area contributed by atoms with Gasteiger partial charge in [0.25, 0.3) is 0 Å². The maximum Gasteiger partial charge on any atom is 0.380 e. The first-order chi connectivity index (χ1) is 13.9. The standard InChI is InChI=1S/C20H15N5O3S/c21-10-14-11-23-15(12-25-13-24-18-6-2-3-7-19(18)25)9-17(14)16-5-1-4-8-20(16)28-29(22,26)27/h1-9,11,13H,12H2,(H2,22,26,27). The Morgan fingerprint density at radius 1 is 1.07 bits per heavy atom. The van der Waals surface area contributed by atoms with Crippen molar-refractivity contribution >= 4 is 21.3 Å². The Morgan fingerprint density at radius 3 is 2.62 bits per heavy atom. The number of nitrogens with two attached hydrogens (primary N) is 1. The summed E-state index contributed by atoms with van der Waals surface area (Å²) < 4.78 is 29.7. The quantitative estimate of drug-likeness (QED) is 0.544. The van der Waals surface area contributed by atoms with Gasteiger partial charge in [-0.2, -0.15) is 18.8 Å². The second-order valence-electron chi connectivity index (χ2n) is 6.27. The van der Waals surface area contributed by atoms with E-state index in [9.17, 15) is 13.7 Å². The molecule has 0 unspecified atom stereocenters. The fraction of sp³-hybridized carbons (Fsp3) is 0.0500. The number of aromatic nitrogens is 3. The molecule has 144 valence electrons. The molecule has 2 aromatic carbocycles. The molecule has 29 heavy (non-hydrogen) atoms. The number of pyridine rings is 1. The number of para-hydroxylation sites is 3. The Bertz CT molecular complexity index is 1360. The maximum absolute atomic E-state index is 11.4. The first-order valence-corrected chi connectivity index (χ1v) is 10.0. The molecule has 8 nitrogen and oxygen atoms in total. The molecule has 4 aromatic rings. The molecule has 0 atom stereocenters. The van der Waals surface area contributed by atoms with Crippen LogP contribution in [0.5, 0.6) is 5.75 Å². The first kappa shape index (κ1) is 18.6. The Morgan fingerprint density at radius 2 is 1.83 bits per heavy atom. The van der Waals surface area contributed by atoms with E-state index >= 15 is 0 Å². The molecule has 0 fully saturated rings. The largest absolute Gasteiger partial charge is 0.380 e. The number of fused-ring (bicyclic) bond motifs is 1.